The van der Waals surface area contributed by atoms with Crippen LogP contribution in [0.1, 0.15) is 17.3 Å². The molecule has 9 heteroatoms. The molecule has 0 radical (unpaired) electrons. The van der Waals surface area contributed by atoms with Gasteiger partial charge in [0.05, 0.1) is 12.5 Å². The second-order valence-electron chi connectivity index (χ2n) is 4.61. The van der Waals surface area contributed by atoms with Crippen LogP contribution >= 0.6 is 0 Å². The largest absolute Gasteiger partial charge is 0.480 e. The third-order valence-corrected chi connectivity index (χ3v) is 2.96. The van der Waals surface area contributed by atoms with Crippen LogP contribution in [0, 0.1) is 0 Å². The molecule has 0 saturated heterocycles. The maximum atomic E-state index is 12.0. The number of carbonyl (C=O) groups is 2. The van der Waals surface area contributed by atoms with Crippen LogP contribution in [0.3, 0.4) is 0 Å². The number of nitrogens with two attached hydrogens (primary N) is 1. The van der Waals surface area contributed by atoms with Crippen molar-refractivity contribution >= 4 is 11.9 Å². The molecule has 5 N–H and O–H groups in total. The van der Waals surface area contributed by atoms with Gasteiger partial charge in [0.25, 0.3) is 0 Å². The Balaban J connectivity index is 2.02. The number of carbonyl (C=O) groups excluding carboxylic acids is 1. The van der Waals surface area contributed by atoms with Gasteiger partial charge in [-0.15, -0.1) is 0 Å². The summed E-state index contributed by atoms with van der Waals surface area (Å²) in [7, 11) is 1.70. The Morgan fingerprint density at radius 2 is 2.29 bits per heavy atom. The number of carboxylic acid groups (broad SMARTS) is 1. The number of nitrogens with zero attached hydrogens (tertiary/aromatic N) is 3. The van der Waals surface area contributed by atoms with Crippen LogP contribution in [0.5, 0.6) is 0 Å². The van der Waals surface area contributed by atoms with Crippen molar-refractivity contribution in [2.75, 3.05) is 0 Å². The van der Waals surface area contributed by atoms with Crippen molar-refractivity contribution in [2.24, 2.45) is 12.8 Å². The maximum absolute atomic E-state index is 12.0. The van der Waals surface area contributed by atoms with Gasteiger partial charge >= 0.3 is 5.97 Å². The van der Waals surface area contributed by atoms with Crippen LogP contribution in [0.4, 0.5) is 0 Å². The van der Waals surface area contributed by atoms with Crippen LogP contribution in [0.15, 0.2) is 24.9 Å². The molecule has 0 bridgehead atoms. The molecule has 0 aliphatic heterocycles. The lowest BCUT2D eigenvalue weighted by Crippen LogP contribution is -2.46. The molecule has 2 aromatic rings. The first-order valence-corrected chi connectivity index (χ1v) is 6.22. The minimum absolute atomic E-state index is 0.0980. The lowest BCUT2D eigenvalue weighted by molar-refractivity contribution is -0.142. The number of aryl methyl sites for hydroxylation is 1. The van der Waals surface area contributed by atoms with Gasteiger partial charge in [0.15, 0.2) is 0 Å². The lowest BCUT2D eigenvalue weighted by atomic mass is 10.1. The third kappa shape index (κ3) is 3.66. The highest BCUT2D eigenvalue weighted by Gasteiger charge is 2.25. The van der Waals surface area contributed by atoms with Gasteiger partial charge in [-0.1, -0.05) is 0 Å². The van der Waals surface area contributed by atoms with Crippen LogP contribution in [-0.2, 0) is 23.1 Å². The first kappa shape index (κ1) is 14.7. The molecule has 2 aromatic heterocycles. The van der Waals surface area contributed by atoms with Gasteiger partial charge in [-0.2, -0.15) is 5.10 Å². The average Bonchev–Trinajstić information content (AvgIpc) is 3.08. The lowest BCUT2D eigenvalue weighted by Gasteiger charge is -2.16. The molecular weight excluding hydrogens is 276 g/mol. The molecule has 1 unspecified atom stereocenters. The Labute approximate surface area is 120 Å². The first-order chi connectivity index (χ1) is 9.97. The molecule has 1 amide bonds. The summed E-state index contributed by atoms with van der Waals surface area (Å²) in [5, 5.41) is 15.5. The topological polar surface area (TPSA) is 139 Å². The fourth-order valence-electron chi connectivity index (χ4n) is 1.83. The maximum Gasteiger partial charge on any atom is 0.326 e. The molecule has 0 aliphatic carbocycles. The molecule has 2 heterocycles. The van der Waals surface area contributed by atoms with E-state index in [9.17, 15) is 14.7 Å². The van der Waals surface area contributed by atoms with Gasteiger partial charge in [-0.3, -0.25) is 9.48 Å². The quantitative estimate of drug-likeness (QED) is 0.536. The van der Waals surface area contributed by atoms with Crippen molar-refractivity contribution in [3.8, 4) is 0 Å². The predicted octanol–water partition coefficient (Wildman–Crippen LogP) is -1.04. The van der Waals surface area contributed by atoms with E-state index in [0.29, 0.717) is 11.3 Å². The molecular formula is C12H16N6O3. The van der Waals surface area contributed by atoms with E-state index < -0.39 is 24.0 Å². The van der Waals surface area contributed by atoms with Crippen LogP contribution in [-0.4, -0.2) is 42.8 Å². The van der Waals surface area contributed by atoms with E-state index in [1.54, 1.807) is 13.2 Å². The molecule has 2 atom stereocenters. The van der Waals surface area contributed by atoms with E-state index >= 15 is 0 Å². The molecule has 0 fully saturated rings. The van der Waals surface area contributed by atoms with Crippen molar-refractivity contribution in [1.29, 1.82) is 0 Å². The molecule has 9 nitrogen and oxygen atoms in total. The fraction of sp³-hybridized carbons (Fsp3) is 0.333. The van der Waals surface area contributed by atoms with E-state index in [4.69, 9.17) is 5.73 Å². The van der Waals surface area contributed by atoms with Crippen molar-refractivity contribution in [3.63, 3.8) is 0 Å². The summed E-state index contributed by atoms with van der Waals surface area (Å²) >= 11 is 0. The Morgan fingerprint density at radius 1 is 1.52 bits per heavy atom. The van der Waals surface area contributed by atoms with Crippen molar-refractivity contribution in [2.45, 2.75) is 18.5 Å². The van der Waals surface area contributed by atoms with E-state index in [1.165, 1.54) is 23.4 Å². The number of aromatic amines is 1. The number of aromatic nitrogens is 4. The smallest absolute Gasteiger partial charge is 0.326 e. The molecule has 0 aliphatic rings. The number of amides is 1. The summed E-state index contributed by atoms with van der Waals surface area (Å²) in [4.78, 5) is 29.8. The number of carboxylic acids is 1. The minimum atomic E-state index is -1.14. The van der Waals surface area contributed by atoms with Crippen molar-refractivity contribution in [1.82, 2.24) is 25.1 Å². The fourth-order valence-corrected chi connectivity index (χ4v) is 1.83. The second-order valence-corrected chi connectivity index (χ2v) is 4.61. The van der Waals surface area contributed by atoms with Crippen LogP contribution in [0.25, 0.3) is 0 Å². The summed E-state index contributed by atoms with van der Waals surface area (Å²) < 4.78 is 1.52. The van der Waals surface area contributed by atoms with Gasteiger partial charge in [0, 0.05) is 37.1 Å². The number of imidazole rings is 1. The van der Waals surface area contributed by atoms with E-state index in [1.807, 2.05) is 0 Å². The van der Waals surface area contributed by atoms with E-state index in [0.717, 1.165) is 0 Å². The first-order valence-electron chi connectivity index (χ1n) is 6.22. The Morgan fingerprint density at radius 3 is 2.81 bits per heavy atom. The Kier molecular flexibility index (Phi) is 4.33. The molecule has 112 valence electrons. The number of H-pyrrole nitrogens is 1. The van der Waals surface area contributed by atoms with Gasteiger partial charge < -0.3 is 21.1 Å². The highest BCUT2D eigenvalue weighted by Crippen LogP contribution is 2.09. The highest BCUT2D eigenvalue weighted by atomic mass is 16.4. The molecule has 0 saturated carbocycles. The SMILES string of the molecule is Cn1cc(C(N)C(=O)N[C@H](Cc2cnc[nH]2)C(=O)O)cn1. The standard InChI is InChI=1S/C12H16N6O3/c1-18-5-7(3-16-18)10(13)11(19)17-9(12(20)21)2-8-4-14-6-15-8/h3-6,9-10H,2,13H2,1H3,(H,14,15)(H,17,19)(H,20,21)/t9-,10?/m1/s1. The zero-order valence-corrected chi connectivity index (χ0v) is 11.4. The van der Waals surface area contributed by atoms with Gasteiger partial charge in [0.2, 0.25) is 5.91 Å². The summed E-state index contributed by atoms with van der Waals surface area (Å²) in [6.07, 6.45) is 6.12. The highest BCUT2D eigenvalue weighted by molar-refractivity contribution is 5.87. The van der Waals surface area contributed by atoms with Crippen LogP contribution in [0.2, 0.25) is 0 Å². The summed E-state index contributed by atoms with van der Waals surface area (Å²) in [5.74, 6) is -1.72. The van der Waals surface area contributed by atoms with Gasteiger partial charge in [-0.05, 0) is 0 Å². The molecule has 0 spiro atoms. The minimum Gasteiger partial charge on any atom is -0.480 e. The monoisotopic (exact) mass is 292 g/mol. The normalized spacial score (nSPS) is 13.6. The van der Waals surface area contributed by atoms with Crippen molar-refractivity contribution < 1.29 is 14.7 Å². The third-order valence-electron chi connectivity index (χ3n) is 2.96. The predicted molar refractivity (Wildman–Crippen MR) is 72.0 cm³/mol. The Hall–Kier alpha value is -2.68. The molecule has 21 heavy (non-hydrogen) atoms. The number of aliphatic carboxylic acids is 1. The molecule has 0 aromatic carbocycles. The zero-order chi connectivity index (χ0) is 15.4. The van der Waals surface area contributed by atoms with Crippen molar-refractivity contribution in [3.05, 3.63) is 36.2 Å². The second kappa shape index (κ2) is 6.18. The van der Waals surface area contributed by atoms with Crippen LogP contribution < -0.4 is 11.1 Å². The van der Waals surface area contributed by atoms with Gasteiger partial charge in [0.1, 0.15) is 12.1 Å². The summed E-state index contributed by atoms with van der Waals surface area (Å²) in [6.45, 7) is 0. The number of nitrogens with one attached hydrogen (secondary N) is 2. The number of hydrogen-bond acceptors (Lipinski definition) is 5. The van der Waals surface area contributed by atoms with Gasteiger partial charge in [-0.25, -0.2) is 9.78 Å². The number of hydrogen-bond donors (Lipinski definition) is 4. The zero-order valence-electron chi connectivity index (χ0n) is 11.4. The number of rotatable bonds is 6. The Bertz CT molecular complexity index is 621. The summed E-state index contributed by atoms with van der Waals surface area (Å²) in [5.41, 5.74) is 6.92. The average molecular weight is 292 g/mol. The summed E-state index contributed by atoms with van der Waals surface area (Å²) in [6, 6.07) is -2.05. The molecule has 2 rings (SSSR count). The van der Waals surface area contributed by atoms with E-state index in [-0.39, 0.29) is 6.42 Å². The van der Waals surface area contributed by atoms with E-state index in [2.05, 4.69) is 20.4 Å².